The molecule has 0 bridgehead atoms. The van der Waals surface area contributed by atoms with Crippen molar-refractivity contribution >= 4 is 40.5 Å². The summed E-state index contributed by atoms with van der Waals surface area (Å²) in [5.74, 6) is 0.878. The Hall–Kier alpha value is -1.63. The largest absolute Gasteiger partial charge is 0.302 e. The monoisotopic (exact) mass is 377 g/mol. The molecule has 7 heteroatoms. The minimum absolute atomic E-state index is 0.0332. The van der Waals surface area contributed by atoms with Gasteiger partial charge in [-0.25, -0.2) is 0 Å². The number of thiophene rings is 1. The highest BCUT2D eigenvalue weighted by Gasteiger charge is 2.21. The van der Waals surface area contributed by atoms with Crippen molar-refractivity contribution in [1.82, 2.24) is 14.8 Å². The Morgan fingerprint density at radius 1 is 1.33 bits per heavy atom. The van der Waals surface area contributed by atoms with E-state index < -0.39 is 0 Å². The fourth-order valence-electron chi connectivity index (χ4n) is 2.34. The van der Waals surface area contributed by atoms with Gasteiger partial charge in [0.2, 0.25) is 0 Å². The molecule has 0 spiro atoms. The van der Waals surface area contributed by atoms with Gasteiger partial charge in [0, 0.05) is 17.1 Å². The van der Waals surface area contributed by atoms with Gasteiger partial charge in [-0.15, -0.1) is 21.5 Å². The maximum Gasteiger partial charge on any atom is 0.192 e. The Morgan fingerprint density at radius 3 is 2.83 bits per heavy atom. The fraction of sp³-hybridized carbons (Fsp3) is 0.235. The summed E-state index contributed by atoms with van der Waals surface area (Å²) in [6.07, 6.45) is 0. The lowest BCUT2D eigenvalue weighted by molar-refractivity contribution is 0.0994. The van der Waals surface area contributed by atoms with Gasteiger partial charge in [-0.2, -0.15) is 0 Å². The van der Waals surface area contributed by atoms with Crippen LogP contribution in [-0.4, -0.2) is 25.8 Å². The number of benzene rings is 1. The zero-order valence-corrected chi connectivity index (χ0v) is 15.7. The third-order valence-electron chi connectivity index (χ3n) is 3.54. The molecule has 2 aromatic heterocycles. The molecule has 24 heavy (non-hydrogen) atoms. The Morgan fingerprint density at radius 2 is 2.17 bits per heavy atom. The summed E-state index contributed by atoms with van der Waals surface area (Å²) in [6.45, 7) is 4.68. The number of carbonyl (C=O) groups is 1. The van der Waals surface area contributed by atoms with E-state index in [-0.39, 0.29) is 11.0 Å². The summed E-state index contributed by atoms with van der Waals surface area (Å²) in [4.78, 5) is 13.7. The van der Waals surface area contributed by atoms with E-state index in [2.05, 4.69) is 10.2 Å². The van der Waals surface area contributed by atoms with Crippen molar-refractivity contribution in [1.29, 1.82) is 0 Å². The second kappa shape index (κ2) is 7.51. The highest BCUT2D eigenvalue weighted by molar-refractivity contribution is 8.00. The molecule has 1 aromatic carbocycles. The van der Waals surface area contributed by atoms with Gasteiger partial charge in [-0.05, 0) is 37.4 Å². The molecule has 1 atom stereocenters. The molecule has 0 aliphatic carbocycles. The molecule has 4 nitrogen and oxygen atoms in total. The summed E-state index contributed by atoms with van der Waals surface area (Å²) >= 11 is 9.03. The zero-order chi connectivity index (χ0) is 17.1. The van der Waals surface area contributed by atoms with E-state index in [0.29, 0.717) is 10.6 Å². The summed E-state index contributed by atoms with van der Waals surface area (Å²) in [5.41, 5.74) is 0.614. The van der Waals surface area contributed by atoms with Crippen LogP contribution in [-0.2, 0) is 6.54 Å². The molecule has 2 heterocycles. The normalized spacial score (nSPS) is 12.3. The number of aromatic nitrogens is 3. The van der Waals surface area contributed by atoms with E-state index in [0.717, 1.165) is 22.4 Å². The van der Waals surface area contributed by atoms with Crippen LogP contribution in [0.3, 0.4) is 0 Å². The van der Waals surface area contributed by atoms with Gasteiger partial charge in [0.05, 0.1) is 10.1 Å². The van der Waals surface area contributed by atoms with E-state index in [1.807, 2.05) is 35.9 Å². The minimum atomic E-state index is -0.269. The maximum absolute atomic E-state index is 12.6. The van der Waals surface area contributed by atoms with Crippen LogP contribution in [0.2, 0.25) is 5.02 Å². The average Bonchev–Trinajstić information content (AvgIpc) is 3.23. The number of carbonyl (C=O) groups excluding carboxylic acids is 1. The Bertz CT molecular complexity index is 845. The molecule has 0 aliphatic rings. The second-order valence-corrected chi connectivity index (χ2v) is 7.85. The van der Waals surface area contributed by atoms with E-state index in [1.54, 1.807) is 35.6 Å². The molecule has 0 saturated heterocycles. The molecule has 0 N–H and O–H groups in total. The maximum atomic E-state index is 12.6. The topological polar surface area (TPSA) is 47.8 Å². The lowest BCUT2D eigenvalue weighted by atomic mass is 10.1. The molecule has 0 saturated carbocycles. The van der Waals surface area contributed by atoms with Crippen molar-refractivity contribution in [3.8, 4) is 10.7 Å². The standard InChI is InChI=1S/C17H16ClN3OS2/c1-3-21-16(14-8-5-9-23-14)19-20-17(21)24-11(2)15(22)12-6-4-7-13(18)10-12/h4-11H,3H2,1-2H3/t11-/m1/s1. The quantitative estimate of drug-likeness (QED) is 0.445. The van der Waals surface area contributed by atoms with E-state index in [9.17, 15) is 4.79 Å². The van der Waals surface area contributed by atoms with Gasteiger partial charge >= 0.3 is 0 Å². The van der Waals surface area contributed by atoms with Crippen LogP contribution in [0.1, 0.15) is 24.2 Å². The number of hydrogen-bond acceptors (Lipinski definition) is 5. The predicted octanol–water partition coefficient (Wildman–Crippen LogP) is 5.04. The number of thioether (sulfide) groups is 1. The summed E-state index contributed by atoms with van der Waals surface area (Å²) in [6, 6.07) is 11.0. The van der Waals surface area contributed by atoms with Crippen LogP contribution < -0.4 is 0 Å². The van der Waals surface area contributed by atoms with Gasteiger partial charge < -0.3 is 4.57 Å². The van der Waals surface area contributed by atoms with Crippen LogP contribution in [0.5, 0.6) is 0 Å². The van der Waals surface area contributed by atoms with Gasteiger partial charge in [-0.1, -0.05) is 41.6 Å². The number of hydrogen-bond donors (Lipinski definition) is 0. The summed E-state index contributed by atoms with van der Waals surface area (Å²) < 4.78 is 2.04. The van der Waals surface area contributed by atoms with Crippen molar-refractivity contribution in [2.24, 2.45) is 0 Å². The van der Waals surface area contributed by atoms with Crippen molar-refractivity contribution in [2.75, 3.05) is 0 Å². The molecule has 0 aliphatic heterocycles. The van der Waals surface area contributed by atoms with E-state index >= 15 is 0 Å². The third-order valence-corrected chi connectivity index (χ3v) is 5.72. The number of Topliss-reactive ketones (excluding diaryl/α,β-unsaturated/α-hetero) is 1. The second-order valence-electron chi connectivity index (χ2n) is 5.16. The first-order valence-electron chi connectivity index (χ1n) is 7.53. The Balaban J connectivity index is 1.82. The first kappa shape index (κ1) is 17.2. The zero-order valence-electron chi connectivity index (χ0n) is 13.3. The van der Waals surface area contributed by atoms with Gasteiger partial charge in [0.25, 0.3) is 0 Å². The van der Waals surface area contributed by atoms with Crippen LogP contribution in [0, 0.1) is 0 Å². The van der Waals surface area contributed by atoms with Crippen molar-refractivity contribution < 1.29 is 4.79 Å². The lowest BCUT2D eigenvalue weighted by Crippen LogP contribution is -2.14. The Kier molecular flexibility index (Phi) is 5.38. The molecule has 3 aromatic rings. The number of ketones is 1. The number of nitrogens with zero attached hydrogens (tertiary/aromatic N) is 3. The SMILES string of the molecule is CCn1c(S[C@H](C)C(=O)c2cccc(Cl)c2)nnc1-c1cccs1. The molecule has 124 valence electrons. The van der Waals surface area contributed by atoms with Gasteiger partial charge in [-0.3, -0.25) is 4.79 Å². The number of halogens is 1. The molecule has 0 amide bonds. The highest BCUT2D eigenvalue weighted by Crippen LogP contribution is 2.30. The highest BCUT2D eigenvalue weighted by atomic mass is 35.5. The molecule has 0 unspecified atom stereocenters. The molecular weight excluding hydrogens is 362 g/mol. The smallest absolute Gasteiger partial charge is 0.192 e. The third kappa shape index (κ3) is 3.55. The minimum Gasteiger partial charge on any atom is -0.302 e. The Labute approximate surface area is 153 Å². The molecule has 3 rings (SSSR count). The van der Waals surface area contributed by atoms with E-state index in [4.69, 9.17) is 11.6 Å². The lowest BCUT2D eigenvalue weighted by Gasteiger charge is -2.11. The molecular formula is C17H16ClN3OS2. The van der Waals surface area contributed by atoms with Crippen LogP contribution in [0.25, 0.3) is 10.7 Å². The van der Waals surface area contributed by atoms with Gasteiger partial charge in [0.1, 0.15) is 0 Å². The van der Waals surface area contributed by atoms with Crippen molar-refractivity contribution in [3.63, 3.8) is 0 Å². The fourth-order valence-corrected chi connectivity index (χ4v) is 4.23. The number of rotatable bonds is 6. The predicted molar refractivity (Wildman–Crippen MR) is 100 cm³/mol. The van der Waals surface area contributed by atoms with Crippen LogP contribution in [0.15, 0.2) is 46.9 Å². The van der Waals surface area contributed by atoms with Crippen molar-refractivity contribution in [3.05, 3.63) is 52.4 Å². The molecule has 0 fully saturated rings. The first-order valence-corrected chi connectivity index (χ1v) is 9.67. The average molecular weight is 378 g/mol. The van der Waals surface area contributed by atoms with Crippen LogP contribution >= 0.6 is 34.7 Å². The van der Waals surface area contributed by atoms with Gasteiger partial charge in [0.15, 0.2) is 16.8 Å². The summed E-state index contributed by atoms with van der Waals surface area (Å²) in [7, 11) is 0. The van der Waals surface area contributed by atoms with E-state index in [1.165, 1.54) is 11.8 Å². The summed E-state index contributed by atoms with van der Waals surface area (Å²) in [5, 5.41) is 11.6. The molecule has 0 radical (unpaired) electrons. The van der Waals surface area contributed by atoms with Crippen LogP contribution in [0.4, 0.5) is 0 Å². The van der Waals surface area contributed by atoms with Crippen molar-refractivity contribution in [2.45, 2.75) is 30.8 Å². The first-order chi connectivity index (χ1) is 11.6.